The lowest BCUT2D eigenvalue weighted by Crippen LogP contribution is -2.32. The molecule has 0 amide bonds. The van der Waals surface area contributed by atoms with Crippen LogP contribution in [0.15, 0.2) is 0 Å². The Kier molecular flexibility index (Phi) is 3.33. The number of hydrogen-bond acceptors (Lipinski definition) is 3. The SMILES string of the molecule is O=S(=O)(CCCO)N1CC2CCCC2C1. The first-order chi connectivity index (χ1) is 7.13. The fraction of sp³-hybridized carbons (Fsp3) is 1.00. The summed E-state index contributed by atoms with van der Waals surface area (Å²) < 4.78 is 25.3. The lowest BCUT2D eigenvalue weighted by molar-refractivity contribution is 0.294. The van der Waals surface area contributed by atoms with Gasteiger partial charge in [0.2, 0.25) is 10.0 Å². The predicted octanol–water partition coefficient (Wildman–Crippen LogP) is 0.430. The van der Waals surface area contributed by atoms with Gasteiger partial charge >= 0.3 is 0 Å². The van der Waals surface area contributed by atoms with Crippen molar-refractivity contribution in [2.75, 3.05) is 25.4 Å². The molecular weight excluding hydrogens is 214 g/mol. The van der Waals surface area contributed by atoms with E-state index >= 15 is 0 Å². The molecule has 1 saturated heterocycles. The molecule has 5 heteroatoms. The Morgan fingerprint density at radius 1 is 1.20 bits per heavy atom. The topological polar surface area (TPSA) is 57.6 Å². The molecule has 0 radical (unpaired) electrons. The van der Waals surface area contributed by atoms with Crippen LogP contribution in [0.2, 0.25) is 0 Å². The van der Waals surface area contributed by atoms with Gasteiger partial charge in [0.25, 0.3) is 0 Å². The maximum Gasteiger partial charge on any atom is 0.214 e. The minimum absolute atomic E-state index is 0.0417. The summed E-state index contributed by atoms with van der Waals surface area (Å²) in [7, 11) is -3.09. The first-order valence-electron chi connectivity index (χ1n) is 5.72. The molecule has 2 aliphatic rings. The van der Waals surface area contributed by atoms with Crippen LogP contribution in [0.25, 0.3) is 0 Å². The van der Waals surface area contributed by atoms with Crippen molar-refractivity contribution < 1.29 is 13.5 Å². The highest BCUT2D eigenvalue weighted by molar-refractivity contribution is 7.89. The third-order valence-corrected chi connectivity index (χ3v) is 5.54. The summed E-state index contributed by atoms with van der Waals surface area (Å²) in [5.41, 5.74) is 0. The second-order valence-electron chi connectivity index (χ2n) is 4.66. The highest BCUT2D eigenvalue weighted by Gasteiger charge is 2.40. The van der Waals surface area contributed by atoms with Crippen molar-refractivity contribution in [2.45, 2.75) is 25.7 Å². The van der Waals surface area contributed by atoms with Crippen LogP contribution in [-0.2, 0) is 10.0 Å². The van der Waals surface area contributed by atoms with Gasteiger partial charge in [-0.2, -0.15) is 0 Å². The van der Waals surface area contributed by atoms with E-state index in [9.17, 15) is 8.42 Å². The summed E-state index contributed by atoms with van der Waals surface area (Å²) in [5, 5.41) is 8.65. The average molecular weight is 233 g/mol. The van der Waals surface area contributed by atoms with Crippen LogP contribution in [0.1, 0.15) is 25.7 Å². The fourth-order valence-electron chi connectivity index (χ4n) is 2.80. The third-order valence-electron chi connectivity index (χ3n) is 3.65. The molecule has 2 rings (SSSR count). The predicted molar refractivity (Wildman–Crippen MR) is 57.9 cm³/mol. The van der Waals surface area contributed by atoms with Crippen molar-refractivity contribution in [2.24, 2.45) is 11.8 Å². The Hall–Kier alpha value is -0.130. The smallest absolute Gasteiger partial charge is 0.214 e. The Balaban J connectivity index is 1.95. The van der Waals surface area contributed by atoms with E-state index in [1.165, 1.54) is 19.3 Å². The second-order valence-corrected chi connectivity index (χ2v) is 6.75. The van der Waals surface area contributed by atoms with E-state index < -0.39 is 10.0 Å². The monoisotopic (exact) mass is 233 g/mol. The van der Waals surface area contributed by atoms with Gasteiger partial charge in [-0.05, 0) is 31.1 Å². The number of sulfonamides is 1. The molecule has 1 saturated carbocycles. The average Bonchev–Trinajstić information content (AvgIpc) is 2.73. The summed E-state index contributed by atoms with van der Waals surface area (Å²) in [5.74, 6) is 1.31. The molecule has 15 heavy (non-hydrogen) atoms. The van der Waals surface area contributed by atoms with E-state index in [0.29, 0.717) is 18.3 Å². The van der Waals surface area contributed by atoms with Crippen molar-refractivity contribution in [3.05, 3.63) is 0 Å². The normalized spacial score (nSPS) is 32.1. The maximum absolute atomic E-state index is 11.8. The zero-order chi connectivity index (χ0) is 10.9. The molecule has 2 unspecified atom stereocenters. The summed E-state index contributed by atoms with van der Waals surface area (Å²) in [6, 6.07) is 0. The zero-order valence-electron chi connectivity index (χ0n) is 8.93. The number of aliphatic hydroxyl groups is 1. The number of rotatable bonds is 4. The molecule has 4 nitrogen and oxygen atoms in total. The number of hydrogen-bond donors (Lipinski definition) is 1. The van der Waals surface area contributed by atoms with Gasteiger partial charge in [-0.15, -0.1) is 0 Å². The molecule has 1 heterocycles. The summed E-state index contributed by atoms with van der Waals surface area (Å²) in [6.07, 6.45) is 4.00. The third kappa shape index (κ3) is 2.34. The molecular formula is C10H19NO3S. The first-order valence-corrected chi connectivity index (χ1v) is 7.33. The zero-order valence-corrected chi connectivity index (χ0v) is 9.75. The highest BCUT2D eigenvalue weighted by Crippen LogP contribution is 2.38. The Labute approximate surface area is 91.3 Å². The van der Waals surface area contributed by atoms with Crippen LogP contribution in [0.5, 0.6) is 0 Å². The van der Waals surface area contributed by atoms with E-state index in [1.807, 2.05) is 0 Å². The maximum atomic E-state index is 11.8. The molecule has 88 valence electrons. The Morgan fingerprint density at radius 3 is 2.33 bits per heavy atom. The lowest BCUT2D eigenvalue weighted by Gasteiger charge is -2.16. The molecule has 1 N–H and O–H groups in total. The lowest BCUT2D eigenvalue weighted by atomic mass is 10.0. The summed E-state index contributed by atoms with van der Waals surface area (Å²) in [4.78, 5) is 0. The van der Waals surface area contributed by atoms with Crippen molar-refractivity contribution in [1.82, 2.24) is 4.31 Å². The molecule has 0 aromatic carbocycles. The first kappa shape index (κ1) is 11.4. The number of nitrogens with zero attached hydrogens (tertiary/aromatic N) is 1. The molecule has 2 fully saturated rings. The molecule has 2 atom stereocenters. The molecule has 0 aromatic heterocycles. The van der Waals surface area contributed by atoms with Crippen LogP contribution in [-0.4, -0.2) is 43.3 Å². The highest BCUT2D eigenvalue weighted by atomic mass is 32.2. The molecule has 0 aromatic rings. The van der Waals surface area contributed by atoms with Crippen molar-refractivity contribution in [3.8, 4) is 0 Å². The molecule has 0 spiro atoms. The number of aliphatic hydroxyl groups excluding tert-OH is 1. The van der Waals surface area contributed by atoms with Crippen LogP contribution in [0.3, 0.4) is 0 Å². The van der Waals surface area contributed by atoms with Gasteiger partial charge in [0.05, 0.1) is 5.75 Å². The van der Waals surface area contributed by atoms with Gasteiger partial charge in [0, 0.05) is 19.7 Å². The van der Waals surface area contributed by atoms with E-state index in [2.05, 4.69) is 0 Å². The van der Waals surface area contributed by atoms with Gasteiger partial charge < -0.3 is 5.11 Å². The van der Waals surface area contributed by atoms with Gasteiger partial charge in [0.15, 0.2) is 0 Å². The minimum atomic E-state index is -3.09. The van der Waals surface area contributed by atoms with Crippen molar-refractivity contribution >= 4 is 10.0 Å². The van der Waals surface area contributed by atoms with Crippen molar-refractivity contribution in [1.29, 1.82) is 0 Å². The van der Waals surface area contributed by atoms with E-state index in [0.717, 1.165) is 13.1 Å². The summed E-state index contributed by atoms with van der Waals surface area (Å²) in [6.45, 7) is 1.40. The van der Waals surface area contributed by atoms with Gasteiger partial charge in [0.1, 0.15) is 0 Å². The van der Waals surface area contributed by atoms with E-state index in [4.69, 9.17) is 5.11 Å². The van der Waals surface area contributed by atoms with E-state index in [1.54, 1.807) is 4.31 Å². The Bertz CT molecular complexity index is 303. The van der Waals surface area contributed by atoms with Gasteiger partial charge in [-0.3, -0.25) is 0 Å². The molecule has 0 bridgehead atoms. The standard InChI is InChI=1S/C10H19NO3S/c12-5-2-6-15(13,14)11-7-9-3-1-4-10(9)8-11/h9-10,12H,1-8H2. The number of fused-ring (bicyclic) bond motifs is 1. The van der Waals surface area contributed by atoms with Crippen molar-refractivity contribution in [3.63, 3.8) is 0 Å². The molecule has 1 aliphatic heterocycles. The largest absolute Gasteiger partial charge is 0.396 e. The van der Waals surface area contributed by atoms with E-state index in [-0.39, 0.29) is 12.4 Å². The van der Waals surface area contributed by atoms with Crippen LogP contribution in [0.4, 0.5) is 0 Å². The second kappa shape index (κ2) is 4.39. The fourth-order valence-corrected chi connectivity index (χ4v) is 4.38. The summed E-state index contributed by atoms with van der Waals surface area (Å²) >= 11 is 0. The van der Waals surface area contributed by atoms with Crippen LogP contribution in [0, 0.1) is 11.8 Å². The molecule has 1 aliphatic carbocycles. The van der Waals surface area contributed by atoms with Gasteiger partial charge in [-0.25, -0.2) is 12.7 Å². The quantitative estimate of drug-likeness (QED) is 0.766. The van der Waals surface area contributed by atoms with Crippen LogP contribution < -0.4 is 0 Å². The van der Waals surface area contributed by atoms with Gasteiger partial charge in [-0.1, -0.05) is 6.42 Å². The Morgan fingerprint density at radius 2 is 1.80 bits per heavy atom. The van der Waals surface area contributed by atoms with Crippen LogP contribution >= 0.6 is 0 Å². The minimum Gasteiger partial charge on any atom is -0.396 e.